The molecule has 0 atom stereocenters. The second kappa shape index (κ2) is 7.39. The molecule has 1 aliphatic heterocycles. The first kappa shape index (κ1) is 18.5. The molecule has 3 amide bonds. The lowest BCUT2D eigenvalue weighted by Gasteiger charge is -2.28. The topological polar surface area (TPSA) is 66.9 Å². The van der Waals surface area contributed by atoms with Crippen molar-refractivity contribution in [3.8, 4) is 12.3 Å². The van der Waals surface area contributed by atoms with Crippen LogP contribution in [0.1, 0.15) is 47.9 Å². The molecule has 1 aromatic carbocycles. The van der Waals surface area contributed by atoms with Gasteiger partial charge in [0, 0.05) is 26.1 Å². The van der Waals surface area contributed by atoms with E-state index < -0.39 is 11.7 Å². The highest BCUT2D eigenvalue weighted by molar-refractivity contribution is 6.21. The van der Waals surface area contributed by atoms with E-state index in [4.69, 9.17) is 11.2 Å². The lowest BCUT2D eigenvalue weighted by atomic mass is 10.1. The fraction of sp³-hybridized carbons (Fsp3) is 0.421. The van der Waals surface area contributed by atoms with Crippen LogP contribution in [-0.4, -0.2) is 52.9 Å². The average Bonchev–Trinajstić information content (AvgIpc) is 2.78. The van der Waals surface area contributed by atoms with Gasteiger partial charge in [0.2, 0.25) is 0 Å². The lowest BCUT2D eigenvalue weighted by Crippen LogP contribution is -2.43. The molecule has 0 bridgehead atoms. The third kappa shape index (κ3) is 4.38. The summed E-state index contributed by atoms with van der Waals surface area (Å²) in [7, 11) is 0. The Morgan fingerprint density at radius 2 is 1.72 bits per heavy atom. The van der Waals surface area contributed by atoms with Crippen molar-refractivity contribution in [3.05, 3.63) is 35.4 Å². The fourth-order valence-electron chi connectivity index (χ4n) is 2.48. The summed E-state index contributed by atoms with van der Waals surface area (Å²) < 4.78 is 5.36. The smallest absolute Gasteiger partial charge is 0.410 e. The number of carbonyl (C=O) groups is 3. The number of ether oxygens (including phenoxy) is 1. The van der Waals surface area contributed by atoms with Gasteiger partial charge in [0.05, 0.1) is 11.1 Å². The Bertz CT molecular complexity index is 693. The van der Waals surface area contributed by atoms with Gasteiger partial charge in [-0.05, 0) is 32.9 Å². The average molecular weight is 342 g/mol. The number of imide groups is 1. The van der Waals surface area contributed by atoms with Crippen LogP contribution in [0.4, 0.5) is 4.79 Å². The number of hydrogen-bond acceptors (Lipinski definition) is 4. The number of fused-ring (bicyclic) bond motifs is 1. The van der Waals surface area contributed by atoms with E-state index in [0.717, 1.165) is 4.90 Å². The molecule has 0 spiro atoms. The summed E-state index contributed by atoms with van der Waals surface area (Å²) in [6.07, 6.45) is 5.12. The summed E-state index contributed by atoms with van der Waals surface area (Å²) in [5.74, 6) is 1.79. The van der Waals surface area contributed by atoms with E-state index in [2.05, 4.69) is 5.92 Å². The number of benzene rings is 1. The summed E-state index contributed by atoms with van der Waals surface area (Å²) in [4.78, 5) is 39.6. The molecular weight excluding hydrogens is 320 g/mol. The summed E-state index contributed by atoms with van der Waals surface area (Å²) in [6.45, 7) is 5.88. The van der Waals surface area contributed by atoms with E-state index in [1.54, 1.807) is 45.0 Å². The second-order valence-electron chi connectivity index (χ2n) is 6.73. The highest BCUT2D eigenvalue weighted by Crippen LogP contribution is 2.22. The number of carbonyl (C=O) groups excluding carboxylic acids is 3. The van der Waals surface area contributed by atoms with Gasteiger partial charge in [-0.1, -0.05) is 12.1 Å². The molecule has 2 rings (SSSR count). The van der Waals surface area contributed by atoms with Gasteiger partial charge in [-0.15, -0.1) is 12.3 Å². The minimum atomic E-state index is -0.638. The number of hydrogen-bond donors (Lipinski definition) is 0. The lowest BCUT2D eigenvalue weighted by molar-refractivity contribution is 0.0230. The zero-order valence-electron chi connectivity index (χ0n) is 14.7. The van der Waals surface area contributed by atoms with Crippen LogP contribution in [0.15, 0.2) is 24.3 Å². The molecule has 132 valence electrons. The molecular formula is C19H22N2O4. The zero-order valence-corrected chi connectivity index (χ0v) is 14.7. The van der Waals surface area contributed by atoms with Gasteiger partial charge < -0.3 is 9.64 Å². The second-order valence-corrected chi connectivity index (χ2v) is 6.73. The first-order valence-electron chi connectivity index (χ1n) is 8.11. The van der Waals surface area contributed by atoms with E-state index in [0.29, 0.717) is 24.1 Å². The van der Waals surface area contributed by atoms with Crippen molar-refractivity contribution in [1.29, 1.82) is 0 Å². The predicted molar refractivity (Wildman–Crippen MR) is 93.1 cm³/mol. The van der Waals surface area contributed by atoms with E-state index in [1.165, 1.54) is 4.90 Å². The predicted octanol–water partition coefficient (Wildman–Crippen LogP) is 2.54. The summed E-state index contributed by atoms with van der Waals surface area (Å²) in [5.41, 5.74) is 0.140. The van der Waals surface area contributed by atoms with Gasteiger partial charge in [0.25, 0.3) is 11.8 Å². The van der Waals surface area contributed by atoms with E-state index in [1.807, 2.05) is 0 Å². The maximum atomic E-state index is 12.4. The number of rotatable bonds is 5. The van der Waals surface area contributed by atoms with Gasteiger partial charge in [-0.3, -0.25) is 14.5 Å². The highest BCUT2D eigenvalue weighted by Gasteiger charge is 2.35. The van der Waals surface area contributed by atoms with Gasteiger partial charge in [0.1, 0.15) is 5.60 Å². The Morgan fingerprint density at radius 1 is 1.16 bits per heavy atom. The van der Waals surface area contributed by atoms with Crippen molar-refractivity contribution < 1.29 is 19.1 Å². The van der Waals surface area contributed by atoms with Gasteiger partial charge in [-0.25, -0.2) is 4.79 Å². The Hall–Kier alpha value is -2.81. The van der Waals surface area contributed by atoms with Gasteiger partial charge in [-0.2, -0.15) is 0 Å². The maximum Gasteiger partial charge on any atom is 0.410 e. The molecule has 0 aliphatic carbocycles. The Labute approximate surface area is 147 Å². The Kier molecular flexibility index (Phi) is 5.48. The molecule has 1 aliphatic rings. The number of amides is 3. The number of nitrogens with zero attached hydrogens (tertiary/aromatic N) is 2. The quantitative estimate of drug-likeness (QED) is 0.609. The first-order valence-corrected chi connectivity index (χ1v) is 8.11. The molecule has 0 aromatic heterocycles. The van der Waals surface area contributed by atoms with Gasteiger partial charge >= 0.3 is 6.09 Å². The van der Waals surface area contributed by atoms with Crippen LogP contribution in [0.2, 0.25) is 0 Å². The molecule has 0 N–H and O–H groups in total. The maximum absolute atomic E-state index is 12.4. The van der Waals surface area contributed by atoms with Crippen LogP contribution < -0.4 is 0 Å². The van der Waals surface area contributed by atoms with Crippen LogP contribution in [0.3, 0.4) is 0 Å². The largest absolute Gasteiger partial charge is 0.444 e. The van der Waals surface area contributed by atoms with Crippen LogP contribution in [-0.2, 0) is 4.74 Å². The van der Waals surface area contributed by atoms with Crippen LogP contribution in [0, 0.1) is 12.3 Å². The third-order valence-corrected chi connectivity index (χ3v) is 3.65. The normalized spacial score (nSPS) is 13.4. The minimum Gasteiger partial charge on any atom is -0.444 e. The van der Waals surface area contributed by atoms with Crippen LogP contribution >= 0.6 is 0 Å². The highest BCUT2D eigenvalue weighted by atomic mass is 16.6. The van der Waals surface area contributed by atoms with Gasteiger partial charge in [0.15, 0.2) is 0 Å². The minimum absolute atomic E-state index is 0.0934. The molecule has 0 fully saturated rings. The monoisotopic (exact) mass is 342 g/mol. The van der Waals surface area contributed by atoms with Crippen molar-refractivity contribution in [3.63, 3.8) is 0 Å². The standard InChI is InChI=1S/C19H22N2O4/c1-5-6-11-20(18(24)25-19(2,3)4)12-13-21-16(22)14-9-7-8-10-15(14)17(21)23/h1,7-10H,6,11-13H2,2-4H3. The van der Waals surface area contributed by atoms with Crippen molar-refractivity contribution >= 4 is 17.9 Å². The Balaban J connectivity index is 2.06. The Morgan fingerprint density at radius 3 is 2.20 bits per heavy atom. The molecule has 25 heavy (non-hydrogen) atoms. The molecule has 6 nitrogen and oxygen atoms in total. The van der Waals surface area contributed by atoms with Crippen LogP contribution in [0.5, 0.6) is 0 Å². The van der Waals surface area contributed by atoms with Crippen molar-refractivity contribution in [2.75, 3.05) is 19.6 Å². The van der Waals surface area contributed by atoms with Crippen molar-refractivity contribution in [2.45, 2.75) is 32.8 Å². The van der Waals surface area contributed by atoms with Crippen molar-refractivity contribution in [2.24, 2.45) is 0 Å². The van der Waals surface area contributed by atoms with E-state index in [9.17, 15) is 14.4 Å². The molecule has 6 heteroatoms. The third-order valence-electron chi connectivity index (χ3n) is 3.65. The van der Waals surface area contributed by atoms with Crippen molar-refractivity contribution in [1.82, 2.24) is 9.80 Å². The first-order chi connectivity index (χ1) is 11.7. The van der Waals surface area contributed by atoms with E-state index >= 15 is 0 Å². The molecule has 0 radical (unpaired) electrons. The van der Waals surface area contributed by atoms with Crippen LogP contribution in [0.25, 0.3) is 0 Å². The fourth-order valence-corrected chi connectivity index (χ4v) is 2.48. The SMILES string of the molecule is C#CCCN(CCN1C(=O)c2ccccc2C1=O)C(=O)OC(C)(C)C. The summed E-state index contributed by atoms with van der Waals surface area (Å²) in [5, 5.41) is 0. The zero-order chi connectivity index (χ0) is 18.6. The molecule has 0 saturated heterocycles. The molecule has 0 unspecified atom stereocenters. The summed E-state index contributed by atoms with van der Waals surface area (Å²) >= 11 is 0. The molecule has 1 heterocycles. The number of terminal acetylenes is 1. The molecule has 1 aromatic rings. The molecule has 0 saturated carbocycles. The summed E-state index contributed by atoms with van der Waals surface area (Å²) in [6, 6.07) is 6.68. The van der Waals surface area contributed by atoms with E-state index in [-0.39, 0.29) is 24.9 Å².